The van der Waals surface area contributed by atoms with Crippen LogP contribution in [0, 0.1) is 29.2 Å². The van der Waals surface area contributed by atoms with Gasteiger partial charge in [-0.1, -0.05) is 135 Å². The monoisotopic (exact) mass is 549 g/mol. The minimum atomic E-state index is -0.249. The number of rotatable bonds is 3. The van der Waals surface area contributed by atoms with Crippen LogP contribution >= 0.6 is 0 Å². The van der Waals surface area contributed by atoms with Gasteiger partial charge in [-0.15, -0.1) is 0 Å². The molecule has 0 heterocycles. The van der Waals surface area contributed by atoms with Crippen LogP contribution in [-0.4, -0.2) is 0 Å². The van der Waals surface area contributed by atoms with Crippen molar-refractivity contribution in [2.45, 2.75) is 78.6 Å². The van der Waals surface area contributed by atoms with E-state index >= 15 is 0 Å². The van der Waals surface area contributed by atoms with Crippen LogP contribution in [0.2, 0.25) is 0 Å². The number of benzene rings is 4. The van der Waals surface area contributed by atoms with Gasteiger partial charge in [0.15, 0.2) is 0 Å². The van der Waals surface area contributed by atoms with Crippen molar-refractivity contribution in [3.05, 3.63) is 112 Å². The van der Waals surface area contributed by atoms with Gasteiger partial charge >= 0.3 is 0 Å². The summed E-state index contributed by atoms with van der Waals surface area (Å²) in [7, 11) is 0. The second kappa shape index (κ2) is 11.0. The molecule has 0 fully saturated rings. The van der Waals surface area contributed by atoms with Crippen LogP contribution in [0.5, 0.6) is 0 Å². The molecule has 0 saturated carbocycles. The largest absolute Gasteiger partial charge is 0.237 e. The van der Waals surface area contributed by atoms with Crippen molar-refractivity contribution in [2.75, 3.05) is 0 Å². The summed E-state index contributed by atoms with van der Waals surface area (Å²) in [6.07, 6.45) is 0. The first-order valence-electron chi connectivity index (χ1n) is 14.4. The molecular weight excluding hydrogens is 510 g/mol. The van der Waals surface area contributed by atoms with Gasteiger partial charge in [-0.05, 0) is 49.6 Å². The Bertz CT molecular complexity index is 1560. The molecule has 0 spiro atoms. The van der Waals surface area contributed by atoms with Crippen LogP contribution in [0.1, 0.15) is 90.1 Å². The van der Waals surface area contributed by atoms with E-state index in [1.807, 2.05) is 54.6 Å². The molecule has 3 nitrogen and oxygen atoms in total. The summed E-state index contributed by atoms with van der Waals surface area (Å²) in [6, 6.07) is 29.1. The summed E-state index contributed by atoms with van der Waals surface area (Å²) in [6.45, 7) is 27.8. The van der Waals surface area contributed by atoms with Crippen molar-refractivity contribution in [3.8, 4) is 45.5 Å². The molecule has 0 N–H and O–H groups in total. The molecule has 0 aliphatic carbocycles. The normalized spacial score (nSPS) is 11.9. The molecule has 0 aliphatic heterocycles. The second-order valence-electron chi connectivity index (χ2n) is 13.9. The quantitative estimate of drug-likeness (QED) is 0.239. The van der Waals surface area contributed by atoms with Crippen LogP contribution in [0.15, 0.2) is 72.8 Å². The van der Waals surface area contributed by atoms with Crippen LogP contribution in [0.25, 0.3) is 38.2 Å². The lowest BCUT2D eigenvalue weighted by Crippen LogP contribution is -2.15. The molecule has 4 aromatic rings. The average Bonchev–Trinajstić information content (AvgIpc) is 2.94. The smallest absolute Gasteiger partial charge is 0.205 e. The highest BCUT2D eigenvalue weighted by Gasteiger charge is 2.33. The van der Waals surface area contributed by atoms with Crippen LogP contribution in [-0.2, 0) is 16.2 Å². The highest BCUT2D eigenvalue weighted by atomic mass is 14.7. The zero-order valence-electron chi connectivity index (χ0n) is 26.3. The Labute approximate surface area is 251 Å². The van der Waals surface area contributed by atoms with Crippen LogP contribution < -0.4 is 0 Å². The standard InChI is InChI=1S/C39H39N3/c1-37(2,3)30-20-14-11-17-25(30)33-28(23-40)34(26-18-12-15-21-31(26)38(4,5)6)36(42-10)35(29(33)24-41)27-19-13-16-22-32(27)39(7,8)9/h11-22H,1-9H3. The lowest BCUT2D eigenvalue weighted by atomic mass is 9.73. The lowest BCUT2D eigenvalue weighted by Gasteiger charge is -2.29. The molecule has 210 valence electrons. The Kier molecular flexibility index (Phi) is 7.92. The maximum Gasteiger partial charge on any atom is 0.205 e. The van der Waals surface area contributed by atoms with E-state index < -0.39 is 0 Å². The molecule has 0 aromatic heterocycles. The summed E-state index contributed by atoms with van der Waals surface area (Å²) in [5.41, 5.74) is 7.77. The maximum atomic E-state index is 10.9. The first kappa shape index (κ1) is 30.3. The minimum Gasteiger partial charge on any atom is -0.237 e. The second-order valence-corrected chi connectivity index (χ2v) is 13.9. The molecule has 4 aromatic carbocycles. The van der Waals surface area contributed by atoms with Gasteiger partial charge < -0.3 is 0 Å². The van der Waals surface area contributed by atoms with Crippen molar-refractivity contribution < 1.29 is 0 Å². The molecule has 4 rings (SSSR count). The summed E-state index contributed by atoms with van der Waals surface area (Å²) in [5, 5.41) is 21.9. The number of hydrogen-bond donors (Lipinski definition) is 0. The van der Waals surface area contributed by atoms with E-state index in [1.165, 1.54) is 0 Å². The molecule has 0 amide bonds. The number of hydrogen-bond acceptors (Lipinski definition) is 2. The predicted molar refractivity (Wildman–Crippen MR) is 175 cm³/mol. The zero-order valence-corrected chi connectivity index (χ0v) is 26.3. The molecule has 3 heteroatoms. The van der Waals surface area contributed by atoms with Crippen molar-refractivity contribution in [1.29, 1.82) is 10.5 Å². The highest BCUT2D eigenvalue weighted by molar-refractivity contribution is 6.04. The predicted octanol–water partition coefficient (Wildman–Crippen LogP) is 10.9. The Hall–Kier alpha value is -4.65. The SMILES string of the molecule is [C-]#[N+]c1c(-c2ccccc2C(C)(C)C)c(C#N)c(-c2ccccc2C(C)(C)C)c(C#N)c1-c1ccccc1C(C)(C)C. The molecule has 0 unspecified atom stereocenters. The van der Waals surface area contributed by atoms with Gasteiger partial charge in [-0.25, -0.2) is 4.85 Å². The highest BCUT2D eigenvalue weighted by Crippen LogP contribution is 2.52. The Morgan fingerprint density at radius 2 is 0.786 bits per heavy atom. The van der Waals surface area contributed by atoms with E-state index in [0.29, 0.717) is 33.5 Å². The van der Waals surface area contributed by atoms with Crippen LogP contribution in [0.3, 0.4) is 0 Å². The summed E-state index contributed by atoms with van der Waals surface area (Å²) >= 11 is 0. The average molecular weight is 550 g/mol. The van der Waals surface area contributed by atoms with Crippen molar-refractivity contribution in [1.82, 2.24) is 0 Å². The van der Waals surface area contributed by atoms with Crippen molar-refractivity contribution in [3.63, 3.8) is 0 Å². The Balaban J connectivity index is 2.41. The number of nitrogens with zero attached hydrogens (tertiary/aromatic N) is 3. The van der Waals surface area contributed by atoms with Gasteiger partial charge in [0.1, 0.15) is 0 Å². The molecular formula is C39H39N3. The Morgan fingerprint density at radius 1 is 0.500 bits per heavy atom. The summed E-state index contributed by atoms with van der Waals surface area (Å²) < 4.78 is 0. The number of nitriles is 2. The van der Waals surface area contributed by atoms with Gasteiger partial charge in [-0.3, -0.25) is 0 Å². The fourth-order valence-corrected chi connectivity index (χ4v) is 5.93. The van der Waals surface area contributed by atoms with Gasteiger partial charge in [0.05, 0.1) is 29.8 Å². The fourth-order valence-electron chi connectivity index (χ4n) is 5.93. The van der Waals surface area contributed by atoms with Crippen molar-refractivity contribution in [2.24, 2.45) is 0 Å². The van der Waals surface area contributed by atoms with Gasteiger partial charge in [0.25, 0.3) is 0 Å². The lowest BCUT2D eigenvalue weighted by molar-refractivity contribution is 0.592. The molecule has 0 radical (unpaired) electrons. The zero-order chi connectivity index (χ0) is 31.0. The van der Waals surface area contributed by atoms with Gasteiger partial charge in [-0.2, -0.15) is 10.5 Å². The topological polar surface area (TPSA) is 51.9 Å². The third kappa shape index (κ3) is 5.34. The summed E-state index contributed by atoms with van der Waals surface area (Å²) in [5.74, 6) is 0. The van der Waals surface area contributed by atoms with E-state index in [9.17, 15) is 10.5 Å². The van der Waals surface area contributed by atoms with E-state index in [2.05, 4.69) is 97.5 Å². The van der Waals surface area contributed by atoms with E-state index in [1.54, 1.807) is 0 Å². The first-order chi connectivity index (χ1) is 19.7. The van der Waals surface area contributed by atoms with Crippen LogP contribution in [0.4, 0.5) is 5.69 Å². The molecule has 0 saturated heterocycles. The maximum absolute atomic E-state index is 10.9. The molecule has 0 bridgehead atoms. The minimum absolute atomic E-state index is 0.247. The van der Waals surface area contributed by atoms with E-state index in [0.717, 1.165) is 33.4 Å². The Morgan fingerprint density at radius 3 is 1.05 bits per heavy atom. The van der Waals surface area contributed by atoms with Crippen molar-refractivity contribution >= 4 is 5.69 Å². The third-order valence-electron chi connectivity index (χ3n) is 7.82. The fraction of sp³-hybridized carbons (Fsp3) is 0.308. The van der Waals surface area contributed by atoms with E-state index in [4.69, 9.17) is 6.57 Å². The summed E-state index contributed by atoms with van der Waals surface area (Å²) in [4.78, 5) is 4.14. The molecule has 42 heavy (non-hydrogen) atoms. The third-order valence-corrected chi connectivity index (χ3v) is 7.82. The van der Waals surface area contributed by atoms with Gasteiger partial charge in [0.2, 0.25) is 5.69 Å². The molecule has 0 aliphatic rings. The molecule has 0 atom stereocenters. The first-order valence-corrected chi connectivity index (χ1v) is 14.4. The van der Waals surface area contributed by atoms with E-state index in [-0.39, 0.29) is 16.2 Å². The van der Waals surface area contributed by atoms with Gasteiger partial charge in [0, 0.05) is 16.7 Å².